The van der Waals surface area contributed by atoms with Gasteiger partial charge in [0.2, 0.25) is 5.91 Å². The van der Waals surface area contributed by atoms with Gasteiger partial charge >= 0.3 is 6.09 Å². The number of halogens is 1. The van der Waals surface area contributed by atoms with Crippen molar-refractivity contribution in [3.8, 4) is 0 Å². The van der Waals surface area contributed by atoms with Crippen LogP contribution in [-0.4, -0.2) is 34.3 Å². The van der Waals surface area contributed by atoms with Gasteiger partial charge in [-0.15, -0.1) is 11.8 Å². The van der Waals surface area contributed by atoms with Crippen LogP contribution < -0.4 is 5.32 Å². The number of nitrogens with zero attached hydrogens (tertiary/aromatic N) is 1. The largest absolute Gasteiger partial charge is 0.444 e. The van der Waals surface area contributed by atoms with Crippen LogP contribution in [0.4, 0.5) is 4.79 Å². The van der Waals surface area contributed by atoms with E-state index in [1.54, 1.807) is 28.8 Å². The molecular weight excluding hydrogens is 408 g/mol. The van der Waals surface area contributed by atoms with Gasteiger partial charge in [0.25, 0.3) is 0 Å². The van der Waals surface area contributed by atoms with Crippen molar-refractivity contribution < 1.29 is 14.3 Å². The van der Waals surface area contributed by atoms with E-state index in [9.17, 15) is 9.59 Å². The monoisotopic (exact) mass is 432 g/mol. The second-order valence-corrected chi connectivity index (χ2v) is 9.39. The number of rotatable bonds is 4. The molecule has 0 saturated carbocycles. The Hall–Kier alpha value is -2.18. The molecule has 2 amide bonds. The smallest absolute Gasteiger partial charge is 0.412 e. The van der Waals surface area contributed by atoms with Crippen LogP contribution >= 0.6 is 23.4 Å². The fraction of sp³-hybridized carbons (Fsp3) is 0.364. The van der Waals surface area contributed by atoms with E-state index in [1.807, 2.05) is 63.2 Å². The summed E-state index contributed by atoms with van der Waals surface area (Å²) in [5, 5.41) is 3.26. The van der Waals surface area contributed by atoms with Crippen molar-refractivity contribution in [2.45, 2.75) is 44.3 Å². The molecule has 7 heteroatoms. The molecule has 0 radical (unpaired) electrons. The highest BCUT2D eigenvalue weighted by Gasteiger charge is 2.44. The molecule has 2 aromatic carbocycles. The summed E-state index contributed by atoms with van der Waals surface area (Å²) in [5.74, 6) is 0.302. The summed E-state index contributed by atoms with van der Waals surface area (Å²) in [4.78, 5) is 27.5. The van der Waals surface area contributed by atoms with Crippen LogP contribution in [0.15, 0.2) is 54.6 Å². The zero-order chi connectivity index (χ0) is 21.0. The Morgan fingerprint density at radius 3 is 2.41 bits per heavy atom. The molecule has 1 aliphatic heterocycles. The van der Waals surface area contributed by atoms with E-state index in [0.29, 0.717) is 17.3 Å². The van der Waals surface area contributed by atoms with Crippen molar-refractivity contribution in [3.05, 3.63) is 70.7 Å². The van der Waals surface area contributed by atoms with Gasteiger partial charge in [0.1, 0.15) is 17.0 Å². The third kappa shape index (κ3) is 5.67. The predicted octanol–water partition coefficient (Wildman–Crippen LogP) is 5.01. The SMILES string of the molecule is CC(C)(C)OC(=O)N1[C@H](C(=O)NCc2ccccc2)CS[C@H]1c1ccc(Cl)cc1. The summed E-state index contributed by atoms with van der Waals surface area (Å²) < 4.78 is 5.61. The number of ether oxygens (including phenoxy) is 1. The van der Waals surface area contributed by atoms with Gasteiger partial charge in [0.15, 0.2) is 0 Å². The molecule has 2 atom stereocenters. The molecule has 1 fully saturated rings. The second kappa shape index (κ2) is 9.09. The topological polar surface area (TPSA) is 58.6 Å². The highest BCUT2D eigenvalue weighted by molar-refractivity contribution is 7.99. The van der Waals surface area contributed by atoms with Crippen LogP contribution in [-0.2, 0) is 16.1 Å². The Balaban J connectivity index is 1.79. The number of amides is 2. The van der Waals surface area contributed by atoms with Crippen LogP contribution in [0.3, 0.4) is 0 Å². The van der Waals surface area contributed by atoms with E-state index in [0.717, 1.165) is 11.1 Å². The number of hydrogen-bond donors (Lipinski definition) is 1. The molecule has 154 valence electrons. The molecule has 5 nitrogen and oxygen atoms in total. The first-order valence-electron chi connectivity index (χ1n) is 9.44. The standard InChI is InChI=1S/C22H25ClN2O3S/c1-22(2,3)28-21(27)25-18(19(26)24-13-15-7-5-4-6-8-15)14-29-20(25)16-9-11-17(23)12-10-16/h4-12,18,20H,13-14H2,1-3H3,(H,24,26)/t18-,20-/m0/s1. The third-order valence-electron chi connectivity index (χ3n) is 4.37. The lowest BCUT2D eigenvalue weighted by molar-refractivity contribution is -0.125. The number of carbonyl (C=O) groups is 2. The number of thioether (sulfide) groups is 1. The van der Waals surface area contributed by atoms with Crippen LogP contribution in [0.25, 0.3) is 0 Å². The van der Waals surface area contributed by atoms with Gasteiger partial charge < -0.3 is 10.1 Å². The minimum Gasteiger partial charge on any atom is -0.444 e. The lowest BCUT2D eigenvalue weighted by Crippen LogP contribution is -2.49. The zero-order valence-electron chi connectivity index (χ0n) is 16.7. The van der Waals surface area contributed by atoms with Crippen LogP contribution in [0.2, 0.25) is 5.02 Å². The lowest BCUT2D eigenvalue weighted by Gasteiger charge is -2.31. The highest BCUT2D eigenvalue weighted by atomic mass is 35.5. The third-order valence-corrected chi connectivity index (χ3v) is 5.95. The molecule has 1 N–H and O–H groups in total. The van der Waals surface area contributed by atoms with Gasteiger partial charge in [-0.2, -0.15) is 0 Å². The molecule has 0 aromatic heterocycles. The molecule has 1 heterocycles. The molecule has 0 unspecified atom stereocenters. The molecule has 29 heavy (non-hydrogen) atoms. The maximum Gasteiger partial charge on any atom is 0.412 e. The average molecular weight is 433 g/mol. The Kier molecular flexibility index (Phi) is 6.75. The van der Waals surface area contributed by atoms with Crippen LogP contribution in [0.5, 0.6) is 0 Å². The van der Waals surface area contributed by atoms with Gasteiger partial charge in [0.05, 0.1) is 0 Å². The van der Waals surface area contributed by atoms with Crippen molar-refractivity contribution in [1.82, 2.24) is 10.2 Å². The minimum absolute atomic E-state index is 0.191. The molecule has 0 spiro atoms. The Labute approximate surface area is 180 Å². The van der Waals surface area contributed by atoms with Gasteiger partial charge in [0, 0.05) is 17.3 Å². The number of hydrogen-bond acceptors (Lipinski definition) is 4. The first kappa shape index (κ1) is 21.5. The van der Waals surface area contributed by atoms with E-state index in [1.165, 1.54) is 0 Å². The maximum absolute atomic E-state index is 13.0. The van der Waals surface area contributed by atoms with Crippen molar-refractivity contribution in [2.24, 2.45) is 0 Å². The van der Waals surface area contributed by atoms with E-state index >= 15 is 0 Å². The Bertz CT molecular complexity index is 853. The van der Waals surface area contributed by atoms with Crippen LogP contribution in [0, 0.1) is 0 Å². The maximum atomic E-state index is 13.0. The molecule has 0 bridgehead atoms. The highest BCUT2D eigenvalue weighted by Crippen LogP contribution is 2.42. The predicted molar refractivity (Wildman–Crippen MR) is 117 cm³/mol. The average Bonchev–Trinajstić information content (AvgIpc) is 3.11. The summed E-state index contributed by atoms with van der Waals surface area (Å²) in [5.41, 5.74) is 1.26. The summed E-state index contributed by atoms with van der Waals surface area (Å²) in [6.45, 7) is 5.86. The van der Waals surface area contributed by atoms with Crippen LogP contribution in [0.1, 0.15) is 37.3 Å². The summed E-state index contributed by atoms with van der Waals surface area (Å²) in [7, 11) is 0. The number of nitrogens with one attached hydrogen (secondary N) is 1. The summed E-state index contributed by atoms with van der Waals surface area (Å²) in [6.07, 6.45) is -0.498. The zero-order valence-corrected chi connectivity index (χ0v) is 18.3. The normalized spacial score (nSPS) is 19.1. The van der Waals surface area contributed by atoms with E-state index in [4.69, 9.17) is 16.3 Å². The number of carbonyl (C=O) groups excluding carboxylic acids is 2. The van der Waals surface area contributed by atoms with Crippen molar-refractivity contribution in [3.63, 3.8) is 0 Å². The van der Waals surface area contributed by atoms with Gasteiger partial charge in [-0.1, -0.05) is 54.1 Å². The lowest BCUT2D eigenvalue weighted by atomic mass is 10.1. The number of benzene rings is 2. The summed E-state index contributed by atoms with van der Waals surface area (Å²) in [6, 6.07) is 16.4. The van der Waals surface area contributed by atoms with Crippen molar-refractivity contribution in [2.75, 3.05) is 5.75 Å². The van der Waals surface area contributed by atoms with Crippen molar-refractivity contribution in [1.29, 1.82) is 0 Å². The summed E-state index contributed by atoms with van der Waals surface area (Å²) >= 11 is 7.55. The first-order chi connectivity index (χ1) is 13.7. The first-order valence-corrected chi connectivity index (χ1v) is 10.9. The fourth-order valence-corrected chi connectivity index (χ4v) is 4.58. The van der Waals surface area contributed by atoms with E-state index in [2.05, 4.69) is 5.32 Å². The van der Waals surface area contributed by atoms with Gasteiger partial charge in [-0.3, -0.25) is 9.69 Å². The molecule has 1 aliphatic rings. The van der Waals surface area contributed by atoms with Gasteiger partial charge in [-0.25, -0.2) is 4.79 Å². The molecule has 1 saturated heterocycles. The Morgan fingerprint density at radius 1 is 1.14 bits per heavy atom. The molecule has 2 aromatic rings. The quantitative estimate of drug-likeness (QED) is 0.737. The van der Waals surface area contributed by atoms with Crippen molar-refractivity contribution >= 4 is 35.4 Å². The Morgan fingerprint density at radius 2 is 1.79 bits per heavy atom. The molecular formula is C22H25ClN2O3S. The van der Waals surface area contributed by atoms with Gasteiger partial charge in [-0.05, 0) is 44.0 Å². The fourth-order valence-electron chi connectivity index (χ4n) is 3.03. The molecule has 0 aliphatic carbocycles. The second-order valence-electron chi connectivity index (χ2n) is 7.84. The minimum atomic E-state index is -0.653. The van der Waals surface area contributed by atoms with E-state index < -0.39 is 17.7 Å². The van der Waals surface area contributed by atoms with E-state index in [-0.39, 0.29) is 11.3 Å². The molecule has 3 rings (SSSR count).